The van der Waals surface area contributed by atoms with Gasteiger partial charge in [-0.2, -0.15) is 0 Å². The maximum atomic E-state index is 12.5. The second-order valence-electron chi connectivity index (χ2n) is 6.28. The van der Waals surface area contributed by atoms with E-state index in [2.05, 4.69) is 22.2 Å². The van der Waals surface area contributed by atoms with Crippen LogP contribution in [-0.4, -0.2) is 32.5 Å². The van der Waals surface area contributed by atoms with Gasteiger partial charge in [0.05, 0.1) is 11.0 Å². The van der Waals surface area contributed by atoms with Crippen LogP contribution < -0.4 is 5.32 Å². The van der Waals surface area contributed by atoms with Gasteiger partial charge in [0, 0.05) is 18.0 Å². The van der Waals surface area contributed by atoms with Crippen molar-refractivity contribution in [2.75, 3.05) is 0 Å². The van der Waals surface area contributed by atoms with Crippen LogP contribution in [0.1, 0.15) is 43.0 Å². The predicted molar refractivity (Wildman–Crippen MR) is 85.0 cm³/mol. The van der Waals surface area contributed by atoms with Crippen LogP contribution in [0.2, 0.25) is 0 Å². The van der Waals surface area contributed by atoms with Gasteiger partial charge in [0.1, 0.15) is 5.54 Å². The van der Waals surface area contributed by atoms with Crippen molar-refractivity contribution in [1.29, 1.82) is 0 Å². The van der Waals surface area contributed by atoms with E-state index < -0.39 is 11.5 Å². The van der Waals surface area contributed by atoms with Crippen molar-refractivity contribution in [1.82, 2.24) is 15.3 Å². The van der Waals surface area contributed by atoms with Gasteiger partial charge < -0.3 is 10.4 Å². The lowest BCUT2D eigenvalue weighted by molar-refractivity contribution is -0.146. The number of amides is 1. The molecule has 23 heavy (non-hydrogen) atoms. The molecule has 1 aromatic heterocycles. The molecule has 1 amide bonds. The van der Waals surface area contributed by atoms with E-state index >= 15 is 0 Å². The zero-order chi connectivity index (χ0) is 16.4. The van der Waals surface area contributed by atoms with Crippen LogP contribution in [0.4, 0.5) is 0 Å². The molecule has 3 rings (SSSR count). The monoisotopic (exact) mass is 313 g/mol. The molecule has 0 aliphatic heterocycles. The third-order valence-electron chi connectivity index (χ3n) is 4.62. The number of nitrogens with zero attached hydrogens (tertiary/aromatic N) is 2. The average molecular weight is 313 g/mol. The van der Waals surface area contributed by atoms with E-state index in [0.29, 0.717) is 35.4 Å². The molecule has 0 bridgehead atoms. The Kier molecular flexibility index (Phi) is 3.98. The number of benzene rings is 1. The van der Waals surface area contributed by atoms with Crippen LogP contribution in [0.5, 0.6) is 0 Å². The highest BCUT2D eigenvalue weighted by Crippen LogP contribution is 2.32. The minimum atomic E-state index is -1.17. The van der Waals surface area contributed by atoms with Gasteiger partial charge in [-0.05, 0) is 49.8 Å². The number of rotatable bonds is 3. The molecule has 0 radical (unpaired) electrons. The number of carboxylic acid groups (broad SMARTS) is 1. The molecule has 1 fully saturated rings. The smallest absolute Gasteiger partial charge is 0.329 e. The molecular weight excluding hydrogens is 294 g/mol. The van der Waals surface area contributed by atoms with Gasteiger partial charge in [-0.15, -0.1) is 0 Å². The summed E-state index contributed by atoms with van der Waals surface area (Å²) in [5, 5.41) is 12.4. The first-order valence-electron chi connectivity index (χ1n) is 7.77. The van der Waals surface area contributed by atoms with Crippen molar-refractivity contribution in [2.24, 2.45) is 5.92 Å². The largest absolute Gasteiger partial charge is 0.480 e. The summed E-state index contributed by atoms with van der Waals surface area (Å²) in [6, 6.07) is 5.00. The number of hydrogen-bond acceptors (Lipinski definition) is 4. The summed E-state index contributed by atoms with van der Waals surface area (Å²) in [7, 11) is 0. The van der Waals surface area contributed by atoms with Crippen molar-refractivity contribution < 1.29 is 14.7 Å². The Hall–Kier alpha value is -2.50. The Bertz CT molecular complexity index is 752. The Morgan fingerprint density at radius 2 is 1.83 bits per heavy atom. The molecule has 1 aromatic carbocycles. The molecule has 1 aliphatic carbocycles. The SMILES string of the molecule is CC1CCC(NC(=O)c2ccc3nccnc3c2)(C(=O)O)CC1. The van der Waals surface area contributed by atoms with Crippen LogP contribution in [0.15, 0.2) is 30.6 Å². The lowest BCUT2D eigenvalue weighted by atomic mass is 9.77. The van der Waals surface area contributed by atoms with E-state index in [1.165, 1.54) is 0 Å². The van der Waals surface area contributed by atoms with Gasteiger partial charge in [0.15, 0.2) is 0 Å². The van der Waals surface area contributed by atoms with Crippen LogP contribution in [0.25, 0.3) is 11.0 Å². The molecule has 6 heteroatoms. The molecular formula is C17H19N3O3. The minimum absolute atomic E-state index is 0.380. The van der Waals surface area contributed by atoms with E-state index in [0.717, 1.165) is 12.8 Å². The van der Waals surface area contributed by atoms with Gasteiger partial charge in [0.25, 0.3) is 5.91 Å². The third-order valence-corrected chi connectivity index (χ3v) is 4.62. The highest BCUT2D eigenvalue weighted by Gasteiger charge is 2.42. The Morgan fingerprint density at radius 3 is 2.48 bits per heavy atom. The molecule has 0 spiro atoms. The fourth-order valence-electron chi connectivity index (χ4n) is 3.04. The number of hydrogen-bond donors (Lipinski definition) is 2. The first-order chi connectivity index (χ1) is 11.0. The molecule has 1 heterocycles. The second kappa shape index (κ2) is 5.95. The minimum Gasteiger partial charge on any atom is -0.480 e. The molecule has 0 saturated heterocycles. The quantitative estimate of drug-likeness (QED) is 0.907. The standard InChI is InChI=1S/C17H19N3O3/c1-11-4-6-17(7-5-11,16(22)23)20-15(21)12-2-3-13-14(10-12)19-9-8-18-13/h2-3,8-11H,4-7H2,1H3,(H,20,21)(H,22,23). The number of carbonyl (C=O) groups excluding carboxylic acids is 1. The molecule has 6 nitrogen and oxygen atoms in total. The van der Waals surface area contributed by atoms with Crippen molar-refractivity contribution in [2.45, 2.75) is 38.1 Å². The van der Waals surface area contributed by atoms with Gasteiger partial charge in [-0.3, -0.25) is 14.8 Å². The summed E-state index contributed by atoms with van der Waals surface area (Å²) in [4.78, 5) is 32.6. The highest BCUT2D eigenvalue weighted by atomic mass is 16.4. The first kappa shape index (κ1) is 15.4. The van der Waals surface area contributed by atoms with Crippen molar-refractivity contribution in [3.05, 3.63) is 36.2 Å². The van der Waals surface area contributed by atoms with Gasteiger partial charge in [0.2, 0.25) is 0 Å². The Morgan fingerprint density at radius 1 is 1.17 bits per heavy atom. The summed E-state index contributed by atoms with van der Waals surface area (Å²) in [5.74, 6) is -0.844. The first-order valence-corrected chi connectivity index (χ1v) is 7.77. The topological polar surface area (TPSA) is 92.2 Å². The zero-order valence-electron chi connectivity index (χ0n) is 13.0. The lowest BCUT2D eigenvalue weighted by Gasteiger charge is -2.36. The van der Waals surface area contributed by atoms with Crippen LogP contribution in [0.3, 0.4) is 0 Å². The molecule has 0 atom stereocenters. The number of aliphatic carboxylic acids is 1. The second-order valence-corrected chi connectivity index (χ2v) is 6.28. The summed E-state index contributed by atoms with van der Waals surface area (Å²) in [6.45, 7) is 2.11. The molecule has 2 N–H and O–H groups in total. The zero-order valence-corrected chi connectivity index (χ0v) is 13.0. The summed E-state index contributed by atoms with van der Waals surface area (Å²) in [6.07, 6.45) is 5.67. The van der Waals surface area contributed by atoms with E-state index in [1.807, 2.05) is 0 Å². The number of carbonyl (C=O) groups is 2. The molecule has 120 valence electrons. The Balaban J connectivity index is 1.84. The summed E-state index contributed by atoms with van der Waals surface area (Å²) >= 11 is 0. The summed E-state index contributed by atoms with van der Waals surface area (Å²) < 4.78 is 0. The van der Waals surface area contributed by atoms with Crippen molar-refractivity contribution in [3.63, 3.8) is 0 Å². The molecule has 2 aromatic rings. The third kappa shape index (κ3) is 3.02. The molecule has 1 saturated carbocycles. The Labute approximate surface area is 133 Å². The number of aromatic nitrogens is 2. The average Bonchev–Trinajstić information content (AvgIpc) is 2.56. The number of fused-ring (bicyclic) bond motifs is 1. The number of carboxylic acids is 1. The molecule has 1 aliphatic rings. The van der Waals surface area contributed by atoms with Gasteiger partial charge in [-0.1, -0.05) is 6.92 Å². The number of nitrogens with one attached hydrogen (secondary N) is 1. The van der Waals surface area contributed by atoms with E-state index in [-0.39, 0.29) is 5.91 Å². The van der Waals surface area contributed by atoms with Crippen LogP contribution >= 0.6 is 0 Å². The van der Waals surface area contributed by atoms with Crippen molar-refractivity contribution >= 4 is 22.9 Å². The predicted octanol–water partition coefficient (Wildman–Crippen LogP) is 2.39. The molecule has 0 unspecified atom stereocenters. The summed E-state index contributed by atoms with van der Waals surface area (Å²) in [5.41, 5.74) is 0.545. The van der Waals surface area contributed by atoms with Gasteiger partial charge >= 0.3 is 5.97 Å². The van der Waals surface area contributed by atoms with Crippen LogP contribution in [-0.2, 0) is 4.79 Å². The fourth-order valence-corrected chi connectivity index (χ4v) is 3.04. The maximum absolute atomic E-state index is 12.5. The van der Waals surface area contributed by atoms with Gasteiger partial charge in [-0.25, -0.2) is 4.79 Å². The van der Waals surface area contributed by atoms with Crippen LogP contribution in [0, 0.1) is 5.92 Å². The van der Waals surface area contributed by atoms with E-state index in [9.17, 15) is 14.7 Å². The van der Waals surface area contributed by atoms with E-state index in [1.54, 1.807) is 30.6 Å². The van der Waals surface area contributed by atoms with E-state index in [4.69, 9.17) is 0 Å². The maximum Gasteiger partial charge on any atom is 0.329 e. The highest BCUT2D eigenvalue weighted by molar-refractivity contribution is 6.00. The normalized spacial score (nSPS) is 24.3. The fraction of sp³-hybridized carbons (Fsp3) is 0.412. The lowest BCUT2D eigenvalue weighted by Crippen LogP contribution is -2.56. The van der Waals surface area contributed by atoms with Crippen molar-refractivity contribution in [3.8, 4) is 0 Å².